The van der Waals surface area contributed by atoms with Crippen molar-refractivity contribution >= 4 is 39.1 Å². The second-order valence-electron chi connectivity index (χ2n) is 5.26. The van der Waals surface area contributed by atoms with E-state index in [0.29, 0.717) is 34.4 Å². The van der Waals surface area contributed by atoms with E-state index in [2.05, 4.69) is 21.2 Å². The average molecular weight is 413 g/mol. The lowest BCUT2D eigenvalue weighted by Crippen LogP contribution is -2.12. The zero-order valence-electron chi connectivity index (χ0n) is 13.8. The highest BCUT2D eigenvalue weighted by molar-refractivity contribution is 9.10. The Bertz CT molecular complexity index is 749. The maximum absolute atomic E-state index is 12.5. The average Bonchev–Trinajstić information content (AvgIpc) is 2.56. The predicted octanol–water partition coefficient (Wildman–Crippen LogP) is 5.46. The molecule has 0 spiro atoms. The molecule has 4 nitrogen and oxygen atoms in total. The van der Waals surface area contributed by atoms with E-state index >= 15 is 0 Å². The maximum Gasteiger partial charge on any atom is 0.255 e. The number of nitrogens with one attached hydrogen (secondary N) is 1. The minimum absolute atomic E-state index is 0.265. The molecule has 2 rings (SSSR count). The van der Waals surface area contributed by atoms with Gasteiger partial charge in [0.1, 0.15) is 0 Å². The number of rotatable bonds is 6. The Morgan fingerprint density at radius 3 is 2.67 bits per heavy atom. The lowest BCUT2D eigenvalue weighted by atomic mass is 10.1. The molecule has 0 aromatic heterocycles. The van der Waals surface area contributed by atoms with E-state index < -0.39 is 0 Å². The third-order valence-corrected chi connectivity index (χ3v) is 4.53. The van der Waals surface area contributed by atoms with Gasteiger partial charge in [-0.25, -0.2) is 0 Å². The number of aryl methyl sites for hydroxylation is 1. The van der Waals surface area contributed by atoms with E-state index in [1.807, 2.05) is 32.0 Å². The summed E-state index contributed by atoms with van der Waals surface area (Å²) in [6.07, 6.45) is 0.852. The summed E-state index contributed by atoms with van der Waals surface area (Å²) in [7, 11) is 1.52. The summed E-state index contributed by atoms with van der Waals surface area (Å²) in [5.41, 5.74) is 2.15. The van der Waals surface area contributed by atoms with Crippen LogP contribution in [0.3, 0.4) is 0 Å². The molecular weight excluding hydrogens is 394 g/mol. The molecule has 0 unspecified atom stereocenters. The molecule has 0 atom stereocenters. The molecule has 128 valence electrons. The molecule has 0 aliphatic carbocycles. The van der Waals surface area contributed by atoms with Crippen molar-refractivity contribution in [2.24, 2.45) is 0 Å². The lowest BCUT2D eigenvalue weighted by Gasteiger charge is -2.14. The minimum atomic E-state index is -0.265. The van der Waals surface area contributed by atoms with Crippen LogP contribution in [0.15, 0.2) is 34.8 Å². The van der Waals surface area contributed by atoms with Gasteiger partial charge >= 0.3 is 0 Å². The summed E-state index contributed by atoms with van der Waals surface area (Å²) >= 11 is 9.69. The summed E-state index contributed by atoms with van der Waals surface area (Å²) in [6.45, 7) is 4.49. The zero-order chi connectivity index (χ0) is 17.7. The van der Waals surface area contributed by atoms with Gasteiger partial charge in [0.2, 0.25) is 0 Å². The van der Waals surface area contributed by atoms with Gasteiger partial charge in [0.15, 0.2) is 11.5 Å². The Morgan fingerprint density at radius 2 is 2.04 bits per heavy atom. The van der Waals surface area contributed by atoms with E-state index in [0.717, 1.165) is 16.5 Å². The molecule has 0 heterocycles. The lowest BCUT2D eigenvalue weighted by molar-refractivity contribution is 0.102. The summed E-state index contributed by atoms with van der Waals surface area (Å²) in [5.74, 6) is 0.629. The molecule has 0 aliphatic heterocycles. The molecule has 1 amide bonds. The molecule has 0 aliphatic rings. The first-order valence-electron chi connectivity index (χ1n) is 7.54. The van der Waals surface area contributed by atoms with Crippen molar-refractivity contribution in [3.63, 3.8) is 0 Å². The molecular formula is C18H19BrClNO3. The monoisotopic (exact) mass is 411 g/mol. The number of benzene rings is 2. The largest absolute Gasteiger partial charge is 0.493 e. The maximum atomic E-state index is 12.5. The fourth-order valence-corrected chi connectivity index (χ4v) is 2.63. The molecule has 0 bridgehead atoms. The molecule has 0 radical (unpaired) electrons. The second kappa shape index (κ2) is 8.40. The van der Waals surface area contributed by atoms with E-state index in [-0.39, 0.29) is 5.91 Å². The highest BCUT2D eigenvalue weighted by atomic mass is 79.9. The number of ether oxygens (including phenoxy) is 2. The van der Waals surface area contributed by atoms with Crippen LogP contribution >= 0.6 is 27.5 Å². The summed E-state index contributed by atoms with van der Waals surface area (Å²) in [6, 6.07) is 8.81. The predicted molar refractivity (Wildman–Crippen MR) is 101 cm³/mol. The van der Waals surface area contributed by atoms with E-state index in [1.165, 1.54) is 7.11 Å². The number of hydrogen-bond donors (Lipinski definition) is 1. The first-order valence-corrected chi connectivity index (χ1v) is 8.71. The van der Waals surface area contributed by atoms with Crippen LogP contribution in [-0.4, -0.2) is 19.6 Å². The third-order valence-electron chi connectivity index (χ3n) is 3.36. The smallest absolute Gasteiger partial charge is 0.255 e. The SMILES string of the molecule is CCCOc1c(Cl)cc(C(=O)Nc2ccc(Br)c(C)c2)cc1OC. The van der Waals surface area contributed by atoms with Crippen molar-refractivity contribution in [1.29, 1.82) is 0 Å². The van der Waals surface area contributed by atoms with Crippen molar-refractivity contribution in [1.82, 2.24) is 0 Å². The highest BCUT2D eigenvalue weighted by Crippen LogP contribution is 2.36. The molecule has 1 N–H and O–H groups in total. The summed E-state index contributed by atoms with van der Waals surface area (Å²) in [4.78, 5) is 12.5. The van der Waals surface area contributed by atoms with Gasteiger partial charge in [-0.1, -0.05) is 34.5 Å². The van der Waals surface area contributed by atoms with Gasteiger partial charge in [-0.05, 0) is 49.2 Å². The summed E-state index contributed by atoms with van der Waals surface area (Å²) < 4.78 is 11.9. The second-order valence-corrected chi connectivity index (χ2v) is 6.52. The van der Waals surface area contributed by atoms with Crippen molar-refractivity contribution in [2.75, 3.05) is 19.0 Å². The first kappa shape index (κ1) is 18.6. The van der Waals surface area contributed by atoms with Crippen LogP contribution in [0.1, 0.15) is 29.3 Å². The van der Waals surface area contributed by atoms with Crippen molar-refractivity contribution in [3.05, 3.63) is 51.0 Å². The number of amides is 1. The van der Waals surface area contributed by atoms with Crippen molar-refractivity contribution in [2.45, 2.75) is 20.3 Å². The van der Waals surface area contributed by atoms with Crippen LogP contribution in [0.25, 0.3) is 0 Å². The van der Waals surface area contributed by atoms with E-state index in [1.54, 1.807) is 12.1 Å². The van der Waals surface area contributed by atoms with Crippen molar-refractivity contribution < 1.29 is 14.3 Å². The highest BCUT2D eigenvalue weighted by Gasteiger charge is 2.16. The van der Waals surface area contributed by atoms with Gasteiger partial charge < -0.3 is 14.8 Å². The van der Waals surface area contributed by atoms with Gasteiger partial charge in [-0.3, -0.25) is 4.79 Å². The number of hydrogen-bond acceptors (Lipinski definition) is 3. The molecule has 2 aromatic carbocycles. The Morgan fingerprint density at radius 1 is 1.29 bits per heavy atom. The Hall–Kier alpha value is -1.72. The topological polar surface area (TPSA) is 47.6 Å². The molecule has 0 saturated carbocycles. The number of halogens is 2. The molecule has 2 aromatic rings. The normalized spacial score (nSPS) is 10.4. The Kier molecular flexibility index (Phi) is 6.52. The van der Waals surface area contributed by atoms with Crippen LogP contribution < -0.4 is 14.8 Å². The zero-order valence-corrected chi connectivity index (χ0v) is 16.1. The summed E-state index contributed by atoms with van der Waals surface area (Å²) in [5, 5.41) is 3.20. The van der Waals surface area contributed by atoms with E-state index in [4.69, 9.17) is 21.1 Å². The van der Waals surface area contributed by atoms with Gasteiger partial charge in [0.25, 0.3) is 5.91 Å². The molecule has 6 heteroatoms. The number of methoxy groups -OCH3 is 1. The first-order chi connectivity index (χ1) is 11.5. The number of carbonyl (C=O) groups excluding carboxylic acids is 1. The van der Waals surface area contributed by atoms with Crippen molar-refractivity contribution in [3.8, 4) is 11.5 Å². The van der Waals surface area contributed by atoms with Crippen LogP contribution in [0, 0.1) is 6.92 Å². The molecule has 0 saturated heterocycles. The van der Waals surface area contributed by atoms with Gasteiger partial charge in [-0.2, -0.15) is 0 Å². The number of carbonyl (C=O) groups is 1. The molecule has 24 heavy (non-hydrogen) atoms. The number of anilines is 1. The van der Waals surface area contributed by atoms with Gasteiger partial charge in [-0.15, -0.1) is 0 Å². The molecule has 0 fully saturated rings. The Labute approximate surface area is 155 Å². The van der Waals surface area contributed by atoms with Crippen LogP contribution in [0.4, 0.5) is 5.69 Å². The van der Waals surface area contributed by atoms with E-state index in [9.17, 15) is 4.79 Å². The van der Waals surface area contributed by atoms with Crippen LogP contribution in [-0.2, 0) is 0 Å². The fourth-order valence-electron chi connectivity index (χ4n) is 2.12. The fraction of sp³-hybridized carbons (Fsp3) is 0.278. The quantitative estimate of drug-likeness (QED) is 0.685. The van der Waals surface area contributed by atoms with Gasteiger partial charge in [0.05, 0.1) is 18.7 Å². The van der Waals surface area contributed by atoms with Gasteiger partial charge in [0, 0.05) is 15.7 Å². The van der Waals surface area contributed by atoms with Crippen LogP contribution in [0.5, 0.6) is 11.5 Å². The minimum Gasteiger partial charge on any atom is -0.493 e. The van der Waals surface area contributed by atoms with Crippen LogP contribution in [0.2, 0.25) is 5.02 Å². The standard InChI is InChI=1S/C18H19BrClNO3/c1-4-7-24-17-15(20)9-12(10-16(17)23-3)18(22)21-13-5-6-14(19)11(2)8-13/h5-6,8-10H,4,7H2,1-3H3,(H,21,22). The Balaban J connectivity index is 2.25. The third kappa shape index (κ3) is 4.42.